The van der Waals surface area contributed by atoms with Crippen molar-refractivity contribution in [3.8, 4) is 0 Å². The van der Waals surface area contributed by atoms with E-state index < -0.39 is 0 Å². The first-order valence-electron chi connectivity index (χ1n) is 5.13. The second-order valence-corrected chi connectivity index (χ2v) is 4.97. The smallest absolute Gasteiger partial charge is 0.255 e. The lowest BCUT2D eigenvalue weighted by molar-refractivity contribution is 0.0749. The molecule has 1 amide bonds. The summed E-state index contributed by atoms with van der Waals surface area (Å²) in [6.45, 7) is 2.83. The second kappa shape index (κ2) is 4.54. The van der Waals surface area contributed by atoms with Crippen molar-refractivity contribution in [1.82, 2.24) is 4.90 Å². The van der Waals surface area contributed by atoms with E-state index in [0.717, 1.165) is 30.5 Å². The van der Waals surface area contributed by atoms with Crippen molar-refractivity contribution in [1.29, 1.82) is 0 Å². The quantitative estimate of drug-likeness (QED) is 0.732. The first-order valence-corrected chi connectivity index (χ1v) is 6.61. The van der Waals surface area contributed by atoms with Crippen LogP contribution in [0.4, 0.5) is 0 Å². The van der Waals surface area contributed by atoms with E-state index in [1.807, 2.05) is 22.6 Å². The fourth-order valence-corrected chi connectivity index (χ4v) is 3.14. The van der Waals surface area contributed by atoms with Gasteiger partial charge in [0.25, 0.3) is 5.91 Å². The Balaban J connectivity index is 2.18. The fraction of sp³-hybridized carbons (Fsp3) is 0.545. The topological polar surface area (TPSA) is 20.3 Å². The van der Waals surface area contributed by atoms with E-state index in [1.165, 1.54) is 0 Å². The Hall–Kier alpha value is -0.540. The highest BCUT2D eigenvalue weighted by atomic mass is 35.5. The van der Waals surface area contributed by atoms with E-state index in [1.54, 1.807) is 11.3 Å². The van der Waals surface area contributed by atoms with E-state index in [2.05, 4.69) is 0 Å². The van der Waals surface area contributed by atoms with Gasteiger partial charge in [-0.05, 0) is 30.7 Å². The lowest BCUT2D eigenvalue weighted by atomic mass is 10.2. The summed E-state index contributed by atoms with van der Waals surface area (Å²) in [4.78, 5) is 14.1. The van der Waals surface area contributed by atoms with Crippen molar-refractivity contribution in [3.05, 3.63) is 21.9 Å². The monoisotopic (exact) mass is 243 g/mol. The van der Waals surface area contributed by atoms with Crippen molar-refractivity contribution < 1.29 is 4.79 Å². The number of amides is 1. The number of carbonyl (C=O) groups is 1. The number of alkyl halides is 1. The lowest BCUT2D eigenvalue weighted by Crippen LogP contribution is -2.36. The third-order valence-electron chi connectivity index (χ3n) is 2.90. The zero-order chi connectivity index (χ0) is 10.8. The summed E-state index contributed by atoms with van der Waals surface area (Å²) < 4.78 is 0. The van der Waals surface area contributed by atoms with Gasteiger partial charge in [0, 0.05) is 23.8 Å². The molecule has 2 rings (SSSR count). The van der Waals surface area contributed by atoms with Gasteiger partial charge in [-0.2, -0.15) is 11.3 Å². The van der Waals surface area contributed by atoms with Gasteiger partial charge in [0.15, 0.2) is 0 Å². The zero-order valence-corrected chi connectivity index (χ0v) is 10.3. The molecule has 1 aromatic rings. The zero-order valence-electron chi connectivity index (χ0n) is 8.70. The van der Waals surface area contributed by atoms with Crippen molar-refractivity contribution in [2.45, 2.75) is 25.8 Å². The second-order valence-electron chi connectivity index (χ2n) is 3.92. The van der Waals surface area contributed by atoms with Crippen molar-refractivity contribution in [3.63, 3.8) is 0 Å². The molecule has 1 saturated heterocycles. The van der Waals surface area contributed by atoms with Gasteiger partial charge in [-0.15, -0.1) is 11.6 Å². The highest BCUT2D eigenvalue weighted by Gasteiger charge is 2.29. The van der Waals surface area contributed by atoms with E-state index in [9.17, 15) is 4.79 Å². The molecule has 0 saturated carbocycles. The number of likely N-dealkylation sites (tertiary alicyclic amines) is 1. The minimum Gasteiger partial charge on any atom is -0.334 e. The Morgan fingerprint density at radius 2 is 2.47 bits per heavy atom. The standard InChI is InChI=1S/C11H14ClNOS/c1-8-6-15-7-10(8)11(14)13-4-2-3-9(13)5-12/h6-7,9H,2-5H2,1H3. The van der Waals surface area contributed by atoms with Crippen molar-refractivity contribution >= 4 is 28.8 Å². The molecule has 0 radical (unpaired) electrons. The molecule has 0 N–H and O–H groups in total. The van der Waals surface area contributed by atoms with Crippen LogP contribution in [0, 0.1) is 6.92 Å². The minimum atomic E-state index is 0.150. The summed E-state index contributed by atoms with van der Waals surface area (Å²) in [5.41, 5.74) is 1.92. The number of rotatable bonds is 2. The maximum absolute atomic E-state index is 12.2. The molecule has 1 aliphatic heterocycles. The van der Waals surface area contributed by atoms with Crippen LogP contribution in [0.1, 0.15) is 28.8 Å². The molecule has 4 heteroatoms. The predicted molar refractivity (Wildman–Crippen MR) is 63.8 cm³/mol. The number of hydrogen-bond acceptors (Lipinski definition) is 2. The van der Waals surface area contributed by atoms with Crippen LogP contribution in [0.3, 0.4) is 0 Å². The molecule has 1 atom stereocenters. The predicted octanol–water partition coefficient (Wildman–Crippen LogP) is 2.90. The molecule has 0 bridgehead atoms. The number of nitrogens with zero attached hydrogens (tertiary/aromatic N) is 1. The lowest BCUT2D eigenvalue weighted by Gasteiger charge is -2.22. The fourth-order valence-electron chi connectivity index (χ4n) is 2.00. The van der Waals surface area contributed by atoms with Crippen LogP contribution in [0.25, 0.3) is 0 Å². The Labute approximate surface area is 98.8 Å². The van der Waals surface area contributed by atoms with Crippen LogP contribution in [0.2, 0.25) is 0 Å². The summed E-state index contributed by atoms with van der Waals surface area (Å²) >= 11 is 7.44. The number of hydrogen-bond donors (Lipinski definition) is 0. The highest BCUT2D eigenvalue weighted by Crippen LogP contribution is 2.23. The van der Waals surface area contributed by atoms with Gasteiger partial charge in [0.05, 0.1) is 5.56 Å². The van der Waals surface area contributed by atoms with Gasteiger partial charge in [-0.1, -0.05) is 0 Å². The van der Waals surface area contributed by atoms with Crippen LogP contribution in [-0.4, -0.2) is 29.3 Å². The normalized spacial score (nSPS) is 20.9. The number of aryl methyl sites for hydroxylation is 1. The highest BCUT2D eigenvalue weighted by molar-refractivity contribution is 7.08. The molecule has 2 nitrogen and oxygen atoms in total. The van der Waals surface area contributed by atoms with Gasteiger partial charge in [-0.25, -0.2) is 0 Å². The molecule has 1 aromatic heterocycles. The maximum Gasteiger partial charge on any atom is 0.255 e. The van der Waals surface area contributed by atoms with E-state index in [4.69, 9.17) is 11.6 Å². The number of carbonyl (C=O) groups excluding carboxylic acids is 1. The van der Waals surface area contributed by atoms with E-state index >= 15 is 0 Å². The third kappa shape index (κ3) is 2.04. The molecule has 0 aliphatic carbocycles. The summed E-state index contributed by atoms with van der Waals surface area (Å²) in [5.74, 6) is 0.700. The summed E-state index contributed by atoms with van der Waals surface area (Å²) in [6, 6.07) is 0.235. The van der Waals surface area contributed by atoms with Gasteiger partial charge >= 0.3 is 0 Å². The number of thiophene rings is 1. The molecular formula is C11H14ClNOS. The van der Waals surface area contributed by atoms with Crippen LogP contribution in [0.15, 0.2) is 10.8 Å². The number of halogens is 1. The molecule has 2 heterocycles. The molecule has 0 spiro atoms. The van der Waals surface area contributed by atoms with Gasteiger partial charge < -0.3 is 4.90 Å². The van der Waals surface area contributed by atoms with Gasteiger partial charge in [0.2, 0.25) is 0 Å². The third-order valence-corrected chi connectivity index (χ3v) is 4.12. The van der Waals surface area contributed by atoms with Crippen LogP contribution in [0.5, 0.6) is 0 Å². The molecule has 0 aromatic carbocycles. The van der Waals surface area contributed by atoms with E-state index in [0.29, 0.717) is 5.88 Å². The average Bonchev–Trinajstić information content (AvgIpc) is 2.84. The Kier molecular flexibility index (Phi) is 3.32. The van der Waals surface area contributed by atoms with Crippen LogP contribution < -0.4 is 0 Å². The van der Waals surface area contributed by atoms with Crippen molar-refractivity contribution in [2.75, 3.05) is 12.4 Å². The van der Waals surface area contributed by atoms with Crippen LogP contribution >= 0.6 is 22.9 Å². The minimum absolute atomic E-state index is 0.150. The Bertz CT molecular complexity index is 363. The van der Waals surface area contributed by atoms with E-state index in [-0.39, 0.29) is 11.9 Å². The largest absolute Gasteiger partial charge is 0.334 e. The van der Waals surface area contributed by atoms with Gasteiger partial charge in [-0.3, -0.25) is 4.79 Å². The molecule has 15 heavy (non-hydrogen) atoms. The van der Waals surface area contributed by atoms with Crippen molar-refractivity contribution in [2.24, 2.45) is 0 Å². The molecule has 82 valence electrons. The summed E-state index contributed by atoms with van der Waals surface area (Å²) in [5, 5.41) is 3.94. The molecule has 1 fully saturated rings. The Morgan fingerprint density at radius 3 is 3.07 bits per heavy atom. The van der Waals surface area contributed by atoms with Crippen LogP contribution in [-0.2, 0) is 0 Å². The summed E-state index contributed by atoms with van der Waals surface area (Å²) in [7, 11) is 0. The molecular weight excluding hydrogens is 230 g/mol. The van der Waals surface area contributed by atoms with Gasteiger partial charge in [0.1, 0.15) is 0 Å². The SMILES string of the molecule is Cc1cscc1C(=O)N1CCCC1CCl. The Morgan fingerprint density at radius 1 is 1.67 bits per heavy atom. The summed E-state index contributed by atoms with van der Waals surface area (Å²) in [6.07, 6.45) is 2.12. The molecule has 1 aliphatic rings. The first kappa shape index (κ1) is 11.0. The first-order chi connectivity index (χ1) is 7.24. The maximum atomic E-state index is 12.2. The average molecular weight is 244 g/mol. The molecule has 1 unspecified atom stereocenters.